The average Bonchev–Trinajstić information content (AvgIpc) is 2.93. The Labute approximate surface area is 134 Å². The van der Waals surface area contributed by atoms with Gasteiger partial charge >= 0.3 is 0 Å². The number of aromatic nitrogens is 1. The molecule has 0 saturated carbocycles. The first kappa shape index (κ1) is 16.5. The van der Waals surface area contributed by atoms with E-state index in [4.69, 9.17) is 5.21 Å². The molecule has 0 aliphatic heterocycles. The number of carbonyl (C=O) groups is 2. The van der Waals surface area contributed by atoms with Crippen molar-refractivity contribution in [2.45, 2.75) is 6.42 Å². The van der Waals surface area contributed by atoms with Crippen molar-refractivity contribution >= 4 is 17.8 Å². The lowest BCUT2D eigenvalue weighted by Gasteiger charge is -2.00. The molecule has 1 aromatic carbocycles. The first-order valence-electron chi connectivity index (χ1n) is 7.07. The fourth-order valence-corrected chi connectivity index (χ4v) is 2.20. The highest BCUT2D eigenvalue weighted by molar-refractivity contribution is 6.01. The van der Waals surface area contributed by atoms with Crippen molar-refractivity contribution in [3.05, 3.63) is 77.6 Å². The molecule has 0 unspecified atom stereocenters. The van der Waals surface area contributed by atoms with E-state index in [-0.39, 0.29) is 11.4 Å². The minimum absolute atomic E-state index is 0.00165. The molecule has 23 heavy (non-hydrogen) atoms. The van der Waals surface area contributed by atoms with Gasteiger partial charge in [0.25, 0.3) is 5.91 Å². The molecule has 0 aliphatic carbocycles. The first-order valence-corrected chi connectivity index (χ1v) is 7.07. The number of carbonyl (C=O) groups excluding carboxylic acids is 2. The van der Waals surface area contributed by atoms with Crippen molar-refractivity contribution < 1.29 is 14.8 Å². The molecule has 2 aromatic rings. The maximum absolute atomic E-state index is 12.4. The third-order valence-corrected chi connectivity index (χ3v) is 3.46. The number of nitrogens with zero attached hydrogens (tertiary/aromatic N) is 1. The number of aryl methyl sites for hydroxylation is 1. The van der Waals surface area contributed by atoms with Gasteiger partial charge in [-0.1, -0.05) is 43.0 Å². The summed E-state index contributed by atoms with van der Waals surface area (Å²) in [4.78, 5) is 23.8. The number of hydroxylamine groups is 1. The second-order valence-corrected chi connectivity index (χ2v) is 5.09. The van der Waals surface area contributed by atoms with Gasteiger partial charge in [0, 0.05) is 36.5 Å². The van der Waals surface area contributed by atoms with Crippen LogP contribution >= 0.6 is 0 Å². The lowest BCUT2D eigenvalue weighted by atomic mass is 10.1. The number of rotatable bonds is 6. The van der Waals surface area contributed by atoms with Crippen molar-refractivity contribution in [2.75, 3.05) is 0 Å². The average molecular weight is 310 g/mol. The fourth-order valence-electron chi connectivity index (χ4n) is 2.20. The van der Waals surface area contributed by atoms with Gasteiger partial charge in [0.05, 0.1) is 0 Å². The predicted octanol–water partition coefficient (Wildman–Crippen LogP) is 2.53. The quantitative estimate of drug-likeness (QED) is 0.283. The minimum Gasteiger partial charge on any atom is -0.350 e. The van der Waals surface area contributed by atoms with Gasteiger partial charge in [-0.25, -0.2) is 5.48 Å². The van der Waals surface area contributed by atoms with Crippen molar-refractivity contribution in [2.24, 2.45) is 7.05 Å². The molecule has 0 spiro atoms. The molecule has 1 aromatic heterocycles. The van der Waals surface area contributed by atoms with Crippen LogP contribution in [-0.2, 0) is 18.3 Å². The van der Waals surface area contributed by atoms with Gasteiger partial charge in [-0.3, -0.25) is 14.8 Å². The summed E-state index contributed by atoms with van der Waals surface area (Å²) >= 11 is 0. The second kappa shape index (κ2) is 7.38. The van der Waals surface area contributed by atoms with Crippen molar-refractivity contribution in [3.8, 4) is 0 Å². The summed E-state index contributed by atoms with van der Waals surface area (Å²) < 4.78 is 1.74. The van der Waals surface area contributed by atoms with E-state index < -0.39 is 5.91 Å². The Bertz CT molecular complexity index is 758. The van der Waals surface area contributed by atoms with Crippen LogP contribution in [0.4, 0.5) is 0 Å². The van der Waals surface area contributed by atoms with Gasteiger partial charge < -0.3 is 4.57 Å². The molecule has 1 heterocycles. The molecule has 118 valence electrons. The van der Waals surface area contributed by atoms with E-state index in [1.54, 1.807) is 35.4 Å². The number of amides is 1. The standard InChI is InChI=1S/C18H18N2O3/c1-3-14(18(22)19-23)10-16-11-15(12-20(16)2)17(21)9-13-7-5-4-6-8-13/h3-8,10-12,23H,1,9H2,2H3,(H,19,22)/b14-10+. The van der Waals surface area contributed by atoms with Gasteiger partial charge in [0.1, 0.15) is 0 Å². The zero-order chi connectivity index (χ0) is 16.8. The Morgan fingerprint density at radius 2 is 2.00 bits per heavy atom. The van der Waals surface area contributed by atoms with Crippen LogP contribution in [0.2, 0.25) is 0 Å². The normalized spacial score (nSPS) is 11.1. The molecule has 0 atom stereocenters. The van der Waals surface area contributed by atoms with E-state index in [2.05, 4.69) is 6.58 Å². The van der Waals surface area contributed by atoms with Crippen molar-refractivity contribution in [1.29, 1.82) is 0 Å². The topological polar surface area (TPSA) is 71.3 Å². The van der Waals surface area contributed by atoms with Gasteiger partial charge in [0.15, 0.2) is 5.78 Å². The SMILES string of the molecule is C=C/C(=C\c1cc(C(=O)Cc2ccccc2)cn1C)C(=O)NO. The highest BCUT2D eigenvalue weighted by Crippen LogP contribution is 2.15. The Morgan fingerprint density at radius 1 is 1.30 bits per heavy atom. The van der Waals surface area contributed by atoms with Crippen LogP contribution in [0.15, 0.2) is 60.8 Å². The number of nitrogens with one attached hydrogen (secondary N) is 1. The van der Waals surface area contributed by atoms with Crippen LogP contribution in [-0.4, -0.2) is 21.5 Å². The molecule has 2 rings (SSSR count). The van der Waals surface area contributed by atoms with E-state index in [1.807, 2.05) is 30.3 Å². The number of ketones is 1. The highest BCUT2D eigenvalue weighted by atomic mass is 16.5. The Hall–Kier alpha value is -2.92. The summed E-state index contributed by atoms with van der Waals surface area (Å²) in [6, 6.07) is 11.2. The minimum atomic E-state index is -0.654. The van der Waals surface area contributed by atoms with E-state index in [9.17, 15) is 9.59 Å². The van der Waals surface area contributed by atoms with Gasteiger partial charge in [-0.05, 0) is 17.7 Å². The monoisotopic (exact) mass is 310 g/mol. The van der Waals surface area contributed by atoms with Gasteiger partial charge in [-0.2, -0.15) is 0 Å². The molecule has 5 nitrogen and oxygen atoms in total. The Morgan fingerprint density at radius 3 is 2.61 bits per heavy atom. The van der Waals surface area contributed by atoms with Crippen LogP contribution in [0.1, 0.15) is 21.6 Å². The molecule has 0 aliphatic rings. The van der Waals surface area contributed by atoms with Crippen LogP contribution < -0.4 is 5.48 Å². The maximum atomic E-state index is 12.4. The number of benzene rings is 1. The predicted molar refractivity (Wildman–Crippen MR) is 88.0 cm³/mol. The molecule has 2 N–H and O–H groups in total. The number of Topliss-reactive ketones (excluding diaryl/α,β-unsaturated/α-hetero) is 1. The zero-order valence-electron chi connectivity index (χ0n) is 12.8. The second-order valence-electron chi connectivity index (χ2n) is 5.09. The zero-order valence-corrected chi connectivity index (χ0v) is 12.8. The maximum Gasteiger partial charge on any atom is 0.274 e. The van der Waals surface area contributed by atoms with Crippen LogP contribution in [0, 0.1) is 0 Å². The lowest BCUT2D eigenvalue weighted by molar-refractivity contribution is -0.124. The summed E-state index contributed by atoms with van der Waals surface area (Å²) in [5.41, 5.74) is 3.95. The third kappa shape index (κ3) is 4.05. The molecular weight excluding hydrogens is 292 g/mol. The van der Waals surface area contributed by atoms with E-state index in [0.29, 0.717) is 17.7 Å². The van der Waals surface area contributed by atoms with Gasteiger partial charge in [0.2, 0.25) is 0 Å². The van der Waals surface area contributed by atoms with Crippen molar-refractivity contribution in [1.82, 2.24) is 10.0 Å². The first-order chi connectivity index (χ1) is 11.0. The Balaban J connectivity index is 2.24. The molecule has 0 fully saturated rings. The summed E-state index contributed by atoms with van der Waals surface area (Å²) in [6.45, 7) is 3.54. The van der Waals surface area contributed by atoms with E-state index in [1.165, 1.54) is 6.08 Å². The molecule has 0 saturated heterocycles. The lowest BCUT2D eigenvalue weighted by Crippen LogP contribution is -2.19. The number of hydrogen-bond acceptors (Lipinski definition) is 3. The van der Waals surface area contributed by atoms with E-state index in [0.717, 1.165) is 5.56 Å². The Kier molecular flexibility index (Phi) is 5.28. The number of hydrogen-bond donors (Lipinski definition) is 2. The smallest absolute Gasteiger partial charge is 0.274 e. The van der Waals surface area contributed by atoms with Crippen LogP contribution in [0.5, 0.6) is 0 Å². The van der Waals surface area contributed by atoms with E-state index >= 15 is 0 Å². The summed E-state index contributed by atoms with van der Waals surface area (Å²) in [6.07, 6.45) is 4.93. The summed E-state index contributed by atoms with van der Waals surface area (Å²) in [7, 11) is 1.78. The molecule has 0 bridgehead atoms. The van der Waals surface area contributed by atoms with Gasteiger partial charge in [-0.15, -0.1) is 0 Å². The molecular formula is C18H18N2O3. The van der Waals surface area contributed by atoms with Crippen LogP contribution in [0.3, 0.4) is 0 Å². The fraction of sp³-hybridized carbons (Fsp3) is 0.111. The molecule has 0 radical (unpaired) electrons. The van der Waals surface area contributed by atoms with Crippen LogP contribution in [0.25, 0.3) is 6.08 Å². The largest absolute Gasteiger partial charge is 0.350 e. The third-order valence-electron chi connectivity index (χ3n) is 3.46. The molecule has 1 amide bonds. The van der Waals surface area contributed by atoms with Crippen molar-refractivity contribution in [3.63, 3.8) is 0 Å². The summed E-state index contributed by atoms with van der Waals surface area (Å²) in [5.74, 6) is -0.656. The molecule has 5 heteroatoms. The highest BCUT2D eigenvalue weighted by Gasteiger charge is 2.12. The summed E-state index contributed by atoms with van der Waals surface area (Å²) in [5, 5.41) is 8.69.